The largest absolute Gasteiger partial charge is 0.491 e. The Labute approximate surface area is 142 Å². The molecule has 0 bridgehead atoms. The number of aliphatic hydroxyl groups is 1. The van der Waals surface area contributed by atoms with Crippen LogP contribution in [-0.4, -0.2) is 27.4 Å². The molecule has 2 aromatic carbocycles. The third-order valence-electron chi connectivity index (χ3n) is 4.12. The zero-order chi connectivity index (χ0) is 17.1. The quantitative estimate of drug-likeness (QED) is 0.748. The third-order valence-corrected chi connectivity index (χ3v) is 4.12. The van der Waals surface area contributed by atoms with E-state index in [9.17, 15) is 5.11 Å². The fourth-order valence-corrected chi connectivity index (χ4v) is 2.89. The van der Waals surface area contributed by atoms with E-state index in [0.29, 0.717) is 12.5 Å². The van der Waals surface area contributed by atoms with E-state index in [0.717, 1.165) is 28.2 Å². The van der Waals surface area contributed by atoms with Crippen LogP contribution in [0, 0.1) is 6.92 Å². The Morgan fingerprint density at radius 2 is 1.79 bits per heavy atom. The normalized spacial score (nSPS) is 12.7. The van der Waals surface area contributed by atoms with Crippen molar-refractivity contribution in [3.05, 3.63) is 59.9 Å². The Balaban J connectivity index is 1.76. The summed E-state index contributed by atoms with van der Waals surface area (Å²) in [5.41, 5.74) is 3.09. The Bertz CT molecular complexity index is 823. The highest BCUT2D eigenvalue weighted by molar-refractivity contribution is 5.76. The van der Waals surface area contributed by atoms with Gasteiger partial charge in [0.25, 0.3) is 0 Å². The molecule has 0 unspecified atom stereocenters. The molecule has 1 heterocycles. The summed E-state index contributed by atoms with van der Waals surface area (Å²) in [6, 6.07) is 15.9. The van der Waals surface area contributed by atoms with Crippen LogP contribution in [0.5, 0.6) is 5.75 Å². The first-order valence-electron chi connectivity index (χ1n) is 8.38. The molecule has 24 heavy (non-hydrogen) atoms. The molecule has 1 atom stereocenters. The number of rotatable bonds is 6. The molecule has 0 saturated carbocycles. The molecule has 0 aliphatic rings. The number of aryl methyl sites for hydroxylation is 1. The smallest absolute Gasteiger partial charge is 0.122 e. The second-order valence-corrected chi connectivity index (χ2v) is 6.45. The predicted molar refractivity (Wildman–Crippen MR) is 96.5 cm³/mol. The molecular weight excluding hydrogens is 300 g/mol. The maximum atomic E-state index is 10.5. The van der Waals surface area contributed by atoms with Gasteiger partial charge < -0.3 is 14.4 Å². The minimum atomic E-state index is -0.597. The van der Waals surface area contributed by atoms with E-state index in [4.69, 9.17) is 9.72 Å². The van der Waals surface area contributed by atoms with Crippen LogP contribution in [0.3, 0.4) is 0 Å². The fourth-order valence-electron chi connectivity index (χ4n) is 2.89. The lowest BCUT2D eigenvalue weighted by molar-refractivity contribution is 0.0922. The van der Waals surface area contributed by atoms with Crippen LogP contribution < -0.4 is 4.74 Å². The number of hydrogen-bond donors (Lipinski definition) is 1. The van der Waals surface area contributed by atoms with Crippen molar-refractivity contribution in [3.63, 3.8) is 0 Å². The topological polar surface area (TPSA) is 47.3 Å². The van der Waals surface area contributed by atoms with Gasteiger partial charge in [-0.15, -0.1) is 0 Å². The van der Waals surface area contributed by atoms with Gasteiger partial charge in [0.1, 0.15) is 24.3 Å². The molecule has 1 N–H and O–H groups in total. The van der Waals surface area contributed by atoms with Crippen LogP contribution in [0.4, 0.5) is 0 Å². The lowest BCUT2D eigenvalue weighted by Gasteiger charge is -2.17. The number of fused-ring (bicyclic) bond motifs is 1. The van der Waals surface area contributed by atoms with Crippen LogP contribution >= 0.6 is 0 Å². The highest BCUT2D eigenvalue weighted by atomic mass is 16.5. The maximum Gasteiger partial charge on any atom is 0.122 e. The predicted octanol–water partition coefficient (Wildman–Crippen LogP) is 3.91. The monoisotopic (exact) mass is 324 g/mol. The molecule has 0 radical (unpaired) electrons. The van der Waals surface area contributed by atoms with Gasteiger partial charge in [0, 0.05) is 5.92 Å². The summed E-state index contributed by atoms with van der Waals surface area (Å²) in [7, 11) is 0. The van der Waals surface area contributed by atoms with E-state index in [1.165, 1.54) is 0 Å². The van der Waals surface area contributed by atoms with E-state index >= 15 is 0 Å². The van der Waals surface area contributed by atoms with Crippen molar-refractivity contribution in [1.82, 2.24) is 9.55 Å². The van der Waals surface area contributed by atoms with E-state index in [1.807, 2.05) is 55.5 Å². The molecule has 0 aliphatic carbocycles. The molecule has 0 saturated heterocycles. The number of nitrogens with zero attached hydrogens (tertiary/aromatic N) is 2. The van der Waals surface area contributed by atoms with Crippen LogP contribution in [0.25, 0.3) is 11.0 Å². The summed E-state index contributed by atoms with van der Waals surface area (Å²) in [4.78, 5) is 4.71. The zero-order valence-electron chi connectivity index (χ0n) is 14.4. The van der Waals surface area contributed by atoms with E-state index < -0.39 is 6.10 Å². The van der Waals surface area contributed by atoms with Crippen LogP contribution in [-0.2, 0) is 6.54 Å². The third kappa shape index (κ3) is 3.44. The maximum absolute atomic E-state index is 10.5. The minimum absolute atomic E-state index is 0.259. The molecular formula is C20H24N2O2. The SMILES string of the molecule is Cc1ccccc1OC[C@H](O)Cn1c(C(C)C)nc2ccccc21. The molecule has 0 amide bonds. The summed E-state index contributed by atoms with van der Waals surface area (Å²) in [5, 5.41) is 10.5. The summed E-state index contributed by atoms with van der Waals surface area (Å²) < 4.78 is 7.88. The molecule has 126 valence electrons. The number of aliphatic hydroxyl groups excluding tert-OH is 1. The summed E-state index contributed by atoms with van der Waals surface area (Å²) in [5.74, 6) is 2.10. The van der Waals surface area contributed by atoms with E-state index in [1.54, 1.807) is 0 Å². The first kappa shape index (κ1) is 16.5. The second kappa shape index (κ2) is 7.05. The van der Waals surface area contributed by atoms with Gasteiger partial charge in [0.15, 0.2) is 0 Å². The number of hydrogen-bond acceptors (Lipinski definition) is 3. The number of ether oxygens (including phenoxy) is 1. The fraction of sp³-hybridized carbons (Fsp3) is 0.350. The minimum Gasteiger partial charge on any atom is -0.491 e. The van der Waals surface area contributed by atoms with E-state index in [-0.39, 0.29) is 6.61 Å². The number of benzene rings is 2. The van der Waals surface area contributed by atoms with Gasteiger partial charge in [0.2, 0.25) is 0 Å². The molecule has 4 heteroatoms. The second-order valence-electron chi connectivity index (χ2n) is 6.45. The first-order valence-corrected chi connectivity index (χ1v) is 8.38. The van der Waals surface area contributed by atoms with Gasteiger partial charge in [-0.3, -0.25) is 0 Å². The Morgan fingerprint density at radius 1 is 1.08 bits per heavy atom. The first-order chi connectivity index (χ1) is 11.6. The Kier molecular flexibility index (Phi) is 4.86. The molecule has 1 aromatic heterocycles. The Hall–Kier alpha value is -2.33. The summed E-state index contributed by atoms with van der Waals surface area (Å²) in [6.45, 7) is 6.97. The molecule has 3 aromatic rings. The number of aromatic nitrogens is 2. The molecule has 0 fully saturated rings. The van der Waals surface area contributed by atoms with Crippen molar-refractivity contribution in [2.45, 2.75) is 39.3 Å². The van der Waals surface area contributed by atoms with Gasteiger partial charge in [0.05, 0.1) is 17.6 Å². The molecule has 0 aliphatic heterocycles. The summed E-state index contributed by atoms with van der Waals surface area (Å²) >= 11 is 0. The van der Waals surface area contributed by atoms with Crippen molar-refractivity contribution in [2.24, 2.45) is 0 Å². The van der Waals surface area contributed by atoms with Crippen molar-refractivity contribution >= 4 is 11.0 Å². The van der Waals surface area contributed by atoms with Gasteiger partial charge in [-0.05, 0) is 30.7 Å². The zero-order valence-corrected chi connectivity index (χ0v) is 14.4. The standard InChI is InChI=1S/C20H24N2O2/c1-14(2)20-21-17-9-5-6-10-18(17)22(20)12-16(23)13-24-19-11-7-4-8-15(19)3/h4-11,14,16,23H,12-13H2,1-3H3/t16-/m1/s1. The number of imidazole rings is 1. The van der Waals surface area contributed by atoms with Crippen LogP contribution in [0.1, 0.15) is 31.2 Å². The van der Waals surface area contributed by atoms with Gasteiger partial charge in [-0.25, -0.2) is 4.98 Å². The average Bonchev–Trinajstić information content (AvgIpc) is 2.93. The molecule has 0 spiro atoms. The average molecular weight is 324 g/mol. The molecule has 4 nitrogen and oxygen atoms in total. The van der Waals surface area contributed by atoms with Crippen molar-refractivity contribution < 1.29 is 9.84 Å². The van der Waals surface area contributed by atoms with Gasteiger partial charge >= 0.3 is 0 Å². The highest BCUT2D eigenvalue weighted by Gasteiger charge is 2.16. The van der Waals surface area contributed by atoms with Crippen LogP contribution in [0.2, 0.25) is 0 Å². The summed E-state index contributed by atoms with van der Waals surface area (Å²) in [6.07, 6.45) is -0.597. The van der Waals surface area contributed by atoms with Crippen molar-refractivity contribution in [1.29, 1.82) is 0 Å². The van der Waals surface area contributed by atoms with Gasteiger partial charge in [-0.1, -0.05) is 44.2 Å². The number of para-hydroxylation sites is 3. The van der Waals surface area contributed by atoms with Crippen molar-refractivity contribution in [2.75, 3.05) is 6.61 Å². The molecule has 3 rings (SSSR count). The van der Waals surface area contributed by atoms with Gasteiger partial charge in [-0.2, -0.15) is 0 Å². The lowest BCUT2D eigenvalue weighted by atomic mass is 10.2. The van der Waals surface area contributed by atoms with Crippen LogP contribution in [0.15, 0.2) is 48.5 Å². The van der Waals surface area contributed by atoms with E-state index in [2.05, 4.69) is 18.4 Å². The van der Waals surface area contributed by atoms with Crippen molar-refractivity contribution in [3.8, 4) is 5.75 Å². The Morgan fingerprint density at radius 3 is 2.54 bits per heavy atom. The lowest BCUT2D eigenvalue weighted by Crippen LogP contribution is -2.25. The highest BCUT2D eigenvalue weighted by Crippen LogP contribution is 2.22.